The minimum absolute atomic E-state index is 0.0373. The Morgan fingerprint density at radius 2 is 1.88 bits per heavy atom. The second-order valence-electron chi connectivity index (χ2n) is 6.67. The molecular weight excluding hydrogens is 320 g/mol. The molecule has 1 fully saturated rings. The Labute approximate surface area is 150 Å². The number of carbonyl (C=O) groups is 1. The maximum absolute atomic E-state index is 10.5. The van der Waals surface area contributed by atoms with E-state index in [1.165, 1.54) is 0 Å². The quantitative estimate of drug-likeness (QED) is 0.429. The van der Waals surface area contributed by atoms with Crippen molar-refractivity contribution >= 4 is 5.97 Å². The lowest BCUT2D eigenvalue weighted by Gasteiger charge is -2.19. The molecule has 5 nitrogen and oxygen atoms in total. The minimum Gasteiger partial charge on any atom is -0.481 e. The molecule has 0 aromatic heterocycles. The molecule has 0 spiro atoms. The molecule has 1 aliphatic rings. The van der Waals surface area contributed by atoms with Crippen molar-refractivity contribution in [2.45, 2.75) is 70.2 Å². The van der Waals surface area contributed by atoms with Crippen LogP contribution in [0.5, 0.6) is 0 Å². The standard InChI is InChI=1S/C20H32O5/c1-2-3-4-5-6-7-10-16-17(19(23)14-18(16)22)13-12-15(21)9-8-11-20(24)25/h3-4,6-7,12-13,15-19,21-23H,2,5,8-11,14H2,1H3,(H,24,25)/b4-3-,7-6-,13-12+/t15-,16+,17-,18+,19-/m0/s1. The smallest absolute Gasteiger partial charge is 0.303 e. The minimum atomic E-state index is -0.869. The van der Waals surface area contributed by atoms with Gasteiger partial charge in [0.05, 0.1) is 18.3 Å². The van der Waals surface area contributed by atoms with Gasteiger partial charge in [-0.2, -0.15) is 0 Å². The number of carboxylic acids is 1. The maximum atomic E-state index is 10.5. The highest BCUT2D eigenvalue weighted by atomic mass is 16.4. The lowest BCUT2D eigenvalue weighted by molar-refractivity contribution is -0.137. The van der Waals surface area contributed by atoms with Crippen LogP contribution < -0.4 is 0 Å². The third-order valence-corrected chi connectivity index (χ3v) is 4.61. The van der Waals surface area contributed by atoms with E-state index < -0.39 is 24.3 Å². The first kappa shape index (κ1) is 21.6. The number of aliphatic hydroxyl groups excluding tert-OH is 3. The summed E-state index contributed by atoms with van der Waals surface area (Å²) in [5.41, 5.74) is 0. The highest BCUT2D eigenvalue weighted by molar-refractivity contribution is 5.66. The van der Waals surface area contributed by atoms with E-state index in [1.807, 2.05) is 6.08 Å². The van der Waals surface area contributed by atoms with Crippen molar-refractivity contribution in [1.29, 1.82) is 0 Å². The molecule has 0 aromatic rings. The van der Waals surface area contributed by atoms with Crippen LogP contribution in [0.15, 0.2) is 36.5 Å². The van der Waals surface area contributed by atoms with Gasteiger partial charge in [0.25, 0.3) is 0 Å². The van der Waals surface area contributed by atoms with E-state index in [2.05, 4.69) is 25.2 Å². The second kappa shape index (κ2) is 12.0. The second-order valence-corrected chi connectivity index (χ2v) is 6.67. The van der Waals surface area contributed by atoms with Crippen LogP contribution in [0, 0.1) is 11.8 Å². The Kier molecular flexibility index (Phi) is 10.4. The van der Waals surface area contributed by atoms with Crippen molar-refractivity contribution in [3.63, 3.8) is 0 Å². The van der Waals surface area contributed by atoms with Crippen LogP contribution in [0.2, 0.25) is 0 Å². The molecule has 0 radical (unpaired) electrons. The van der Waals surface area contributed by atoms with Crippen molar-refractivity contribution < 1.29 is 25.2 Å². The highest BCUT2D eigenvalue weighted by Gasteiger charge is 2.39. The topological polar surface area (TPSA) is 98.0 Å². The van der Waals surface area contributed by atoms with Crippen LogP contribution in [0.25, 0.3) is 0 Å². The molecule has 0 saturated heterocycles. The van der Waals surface area contributed by atoms with Crippen LogP contribution in [-0.2, 0) is 4.79 Å². The molecule has 1 aliphatic carbocycles. The van der Waals surface area contributed by atoms with E-state index in [1.54, 1.807) is 12.2 Å². The average molecular weight is 352 g/mol. The van der Waals surface area contributed by atoms with E-state index in [9.17, 15) is 20.1 Å². The van der Waals surface area contributed by atoms with Gasteiger partial charge >= 0.3 is 5.97 Å². The van der Waals surface area contributed by atoms with Crippen molar-refractivity contribution in [1.82, 2.24) is 0 Å². The van der Waals surface area contributed by atoms with Gasteiger partial charge in [-0.1, -0.05) is 43.4 Å². The zero-order valence-corrected chi connectivity index (χ0v) is 15.0. The molecular formula is C20H32O5. The molecule has 0 unspecified atom stereocenters. The van der Waals surface area contributed by atoms with E-state index in [0.717, 1.165) is 12.8 Å². The van der Waals surface area contributed by atoms with Gasteiger partial charge in [-0.25, -0.2) is 0 Å². The number of hydrogen-bond donors (Lipinski definition) is 4. The van der Waals surface area contributed by atoms with Crippen LogP contribution in [-0.4, -0.2) is 44.7 Å². The monoisotopic (exact) mass is 352 g/mol. The largest absolute Gasteiger partial charge is 0.481 e. The number of aliphatic hydroxyl groups is 3. The summed E-state index contributed by atoms with van der Waals surface area (Å²) in [5, 5.41) is 38.8. The molecule has 0 bridgehead atoms. The van der Waals surface area contributed by atoms with Crippen molar-refractivity contribution in [2.24, 2.45) is 11.8 Å². The number of carboxylic acid groups (broad SMARTS) is 1. The molecule has 1 rings (SSSR count). The van der Waals surface area contributed by atoms with Gasteiger partial charge in [-0.15, -0.1) is 0 Å². The summed E-state index contributed by atoms with van der Waals surface area (Å²) in [6, 6.07) is 0. The summed E-state index contributed by atoms with van der Waals surface area (Å²) in [7, 11) is 0. The van der Waals surface area contributed by atoms with Crippen molar-refractivity contribution in [3.8, 4) is 0 Å². The summed E-state index contributed by atoms with van der Waals surface area (Å²) >= 11 is 0. The van der Waals surface area contributed by atoms with Gasteiger partial charge in [-0.3, -0.25) is 4.79 Å². The zero-order valence-electron chi connectivity index (χ0n) is 15.0. The predicted molar refractivity (Wildman–Crippen MR) is 98.0 cm³/mol. The van der Waals surface area contributed by atoms with Crippen LogP contribution in [0.4, 0.5) is 0 Å². The molecule has 5 heteroatoms. The molecule has 0 amide bonds. The van der Waals surface area contributed by atoms with Gasteiger partial charge in [0, 0.05) is 18.8 Å². The Balaban J connectivity index is 2.51. The molecule has 0 heterocycles. The van der Waals surface area contributed by atoms with Crippen LogP contribution in [0.1, 0.15) is 51.9 Å². The van der Waals surface area contributed by atoms with Crippen molar-refractivity contribution in [2.75, 3.05) is 0 Å². The maximum Gasteiger partial charge on any atom is 0.303 e. The zero-order chi connectivity index (χ0) is 18.7. The molecule has 5 atom stereocenters. The Morgan fingerprint density at radius 3 is 2.56 bits per heavy atom. The molecule has 4 N–H and O–H groups in total. The molecule has 142 valence electrons. The summed E-state index contributed by atoms with van der Waals surface area (Å²) in [6.45, 7) is 2.09. The first-order valence-electron chi connectivity index (χ1n) is 9.20. The average Bonchev–Trinajstić information content (AvgIpc) is 2.81. The fraction of sp³-hybridized carbons (Fsp3) is 0.650. The normalized spacial score (nSPS) is 28.5. The molecule has 25 heavy (non-hydrogen) atoms. The highest BCUT2D eigenvalue weighted by Crippen LogP contribution is 2.36. The summed E-state index contributed by atoms with van der Waals surface area (Å²) in [4.78, 5) is 10.5. The van der Waals surface area contributed by atoms with Gasteiger partial charge in [-0.05, 0) is 38.0 Å². The summed E-state index contributed by atoms with van der Waals surface area (Å²) in [5.74, 6) is -1.13. The first-order valence-corrected chi connectivity index (χ1v) is 9.20. The van der Waals surface area contributed by atoms with Crippen LogP contribution in [0.3, 0.4) is 0 Å². The number of hydrogen-bond acceptors (Lipinski definition) is 4. The van der Waals surface area contributed by atoms with E-state index in [-0.39, 0.29) is 18.3 Å². The molecule has 1 saturated carbocycles. The van der Waals surface area contributed by atoms with Gasteiger partial charge in [0.1, 0.15) is 0 Å². The number of allylic oxidation sites excluding steroid dienone is 4. The lowest BCUT2D eigenvalue weighted by Crippen LogP contribution is -2.20. The fourth-order valence-electron chi connectivity index (χ4n) is 3.21. The SMILES string of the molecule is CC/C=C\C/C=C\C[C@@H]1[C@H](/C=C/[C@@H](O)CCCC(=O)O)[C@@H](O)C[C@H]1O. The number of rotatable bonds is 11. The first-order chi connectivity index (χ1) is 12.0. The molecule has 0 aliphatic heterocycles. The molecule has 0 aromatic carbocycles. The van der Waals surface area contributed by atoms with E-state index >= 15 is 0 Å². The van der Waals surface area contributed by atoms with Crippen molar-refractivity contribution in [3.05, 3.63) is 36.5 Å². The summed E-state index contributed by atoms with van der Waals surface area (Å²) in [6.07, 6.45) is 13.5. The third kappa shape index (κ3) is 8.47. The van der Waals surface area contributed by atoms with Crippen LogP contribution >= 0.6 is 0 Å². The number of aliphatic carboxylic acids is 1. The van der Waals surface area contributed by atoms with E-state index in [0.29, 0.717) is 25.7 Å². The fourth-order valence-corrected chi connectivity index (χ4v) is 3.21. The third-order valence-electron chi connectivity index (χ3n) is 4.61. The van der Waals surface area contributed by atoms with E-state index in [4.69, 9.17) is 5.11 Å². The Morgan fingerprint density at radius 1 is 1.16 bits per heavy atom. The van der Waals surface area contributed by atoms with Gasteiger partial charge in [0.2, 0.25) is 0 Å². The van der Waals surface area contributed by atoms with Gasteiger partial charge in [0.15, 0.2) is 0 Å². The van der Waals surface area contributed by atoms with Gasteiger partial charge < -0.3 is 20.4 Å². The lowest BCUT2D eigenvalue weighted by atomic mass is 9.89. The Hall–Kier alpha value is -1.43. The Bertz CT molecular complexity index is 469. The summed E-state index contributed by atoms with van der Waals surface area (Å²) < 4.78 is 0. The predicted octanol–water partition coefficient (Wildman–Crippen LogP) is 2.82.